The average Bonchev–Trinajstić information content (AvgIpc) is 2.34. The van der Waals surface area contributed by atoms with Crippen molar-refractivity contribution in [3.8, 4) is 0 Å². The number of carbonyl (C=O) groups excluding carboxylic acids is 1. The first-order valence-corrected chi connectivity index (χ1v) is 6.53. The van der Waals surface area contributed by atoms with Crippen LogP contribution >= 0.6 is 35.0 Å². The van der Waals surface area contributed by atoms with E-state index >= 15 is 0 Å². The molecule has 0 saturated heterocycles. The lowest BCUT2D eigenvalue weighted by molar-refractivity contribution is 0.1000. The molecule has 1 amide bonds. The van der Waals surface area contributed by atoms with Crippen molar-refractivity contribution in [2.24, 2.45) is 5.73 Å². The van der Waals surface area contributed by atoms with Crippen molar-refractivity contribution in [1.82, 2.24) is 4.98 Å². The minimum absolute atomic E-state index is 0.281. The van der Waals surface area contributed by atoms with Crippen LogP contribution in [-0.2, 0) is 0 Å². The van der Waals surface area contributed by atoms with Gasteiger partial charge in [-0.1, -0.05) is 47.1 Å². The van der Waals surface area contributed by atoms with Gasteiger partial charge in [0.1, 0.15) is 5.03 Å². The Bertz CT molecular complexity index is 604. The Hall–Kier alpha value is -1.23. The van der Waals surface area contributed by atoms with E-state index in [-0.39, 0.29) is 5.56 Å². The summed E-state index contributed by atoms with van der Waals surface area (Å²) in [6, 6.07) is 8.87. The zero-order valence-electron chi connectivity index (χ0n) is 9.06. The second kappa shape index (κ2) is 5.61. The SMILES string of the molecule is NC(=O)c1cnc(Sc2ccccc2Cl)c(Cl)c1. The molecule has 0 aliphatic carbocycles. The molecular formula is C12H8Cl2N2OS. The van der Waals surface area contributed by atoms with Gasteiger partial charge in [-0.15, -0.1) is 0 Å². The quantitative estimate of drug-likeness (QED) is 0.941. The predicted octanol–water partition coefficient (Wildman–Crippen LogP) is 3.64. The highest BCUT2D eigenvalue weighted by atomic mass is 35.5. The van der Waals surface area contributed by atoms with Crippen molar-refractivity contribution in [3.05, 3.63) is 52.1 Å². The second-order valence-corrected chi connectivity index (χ2v) is 5.25. The Morgan fingerprint density at radius 2 is 1.94 bits per heavy atom. The van der Waals surface area contributed by atoms with Crippen LogP contribution in [-0.4, -0.2) is 10.9 Å². The predicted molar refractivity (Wildman–Crippen MR) is 73.3 cm³/mol. The molecule has 0 saturated carbocycles. The summed E-state index contributed by atoms with van der Waals surface area (Å²) in [4.78, 5) is 15.9. The number of nitrogens with zero attached hydrogens (tertiary/aromatic N) is 1. The molecule has 0 aliphatic heterocycles. The first-order chi connectivity index (χ1) is 8.58. The number of rotatable bonds is 3. The number of aromatic nitrogens is 1. The molecule has 3 nitrogen and oxygen atoms in total. The van der Waals surface area contributed by atoms with E-state index in [0.29, 0.717) is 15.1 Å². The Morgan fingerprint density at radius 3 is 2.56 bits per heavy atom. The summed E-state index contributed by atoms with van der Waals surface area (Å²) < 4.78 is 0. The zero-order chi connectivity index (χ0) is 13.1. The maximum Gasteiger partial charge on any atom is 0.250 e. The van der Waals surface area contributed by atoms with Gasteiger partial charge in [-0.2, -0.15) is 0 Å². The fraction of sp³-hybridized carbons (Fsp3) is 0. The molecular weight excluding hydrogens is 291 g/mol. The standard InChI is InChI=1S/C12H8Cl2N2OS/c13-8-3-1-2-4-10(8)18-12-9(14)5-7(6-16-12)11(15)17/h1-6H,(H2,15,17). The number of halogens is 2. The van der Waals surface area contributed by atoms with Gasteiger partial charge in [-0.05, 0) is 18.2 Å². The third kappa shape index (κ3) is 2.96. The van der Waals surface area contributed by atoms with Crippen LogP contribution in [0.3, 0.4) is 0 Å². The molecule has 2 rings (SSSR count). The van der Waals surface area contributed by atoms with Gasteiger partial charge in [-0.3, -0.25) is 4.79 Å². The third-order valence-corrected chi connectivity index (χ3v) is 4.07. The number of hydrogen-bond donors (Lipinski definition) is 1. The fourth-order valence-corrected chi connectivity index (χ4v) is 2.58. The van der Waals surface area contributed by atoms with Crippen LogP contribution in [0.15, 0.2) is 46.5 Å². The summed E-state index contributed by atoms with van der Waals surface area (Å²) in [5.41, 5.74) is 5.42. The lowest BCUT2D eigenvalue weighted by Crippen LogP contribution is -2.11. The maximum absolute atomic E-state index is 11.0. The molecule has 0 radical (unpaired) electrons. The van der Waals surface area contributed by atoms with Gasteiger partial charge < -0.3 is 5.73 Å². The van der Waals surface area contributed by atoms with E-state index in [0.717, 1.165) is 4.90 Å². The van der Waals surface area contributed by atoms with Crippen LogP contribution in [0.2, 0.25) is 10.0 Å². The summed E-state index contributed by atoms with van der Waals surface area (Å²) in [6.45, 7) is 0. The van der Waals surface area contributed by atoms with E-state index in [1.54, 1.807) is 6.07 Å². The number of nitrogens with two attached hydrogens (primary N) is 1. The lowest BCUT2D eigenvalue weighted by atomic mass is 10.3. The van der Waals surface area contributed by atoms with Crippen molar-refractivity contribution < 1.29 is 4.79 Å². The molecule has 1 aromatic carbocycles. The molecule has 0 aliphatic rings. The number of benzene rings is 1. The fourth-order valence-electron chi connectivity index (χ4n) is 1.27. The molecule has 1 aromatic heterocycles. The summed E-state index contributed by atoms with van der Waals surface area (Å²) >= 11 is 13.4. The van der Waals surface area contributed by atoms with Crippen LogP contribution < -0.4 is 5.73 Å². The van der Waals surface area contributed by atoms with Gasteiger partial charge in [-0.25, -0.2) is 4.98 Å². The smallest absolute Gasteiger partial charge is 0.250 e. The number of primary amides is 1. The van der Waals surface area contributed by atoms with Gasteiger partial charge in [0.15, 0.2) is 0 Å². The normalized spacial score (nSPS) is 10.3. The Morgan fingerprint density at radius 1 is 1.22 bits per heavy atom. The lowest BCUT2D eigenvalue weighted by Gasteiger charge is -2.05. The molecule has 0 spiro atoms. The number of pyridine rings is 1. The van der Waals surface area contributed by atoms with Crippen molar-refractivity contribution in [1.29, 1.82) is 0 Å². The van der Waals surface area contributed by atoms with Crippen molar-refractivity contribution in [2.45, 2.75) is 9.92 Å². The third-order valence-electron chi connectivity index (χ3n) is 2.14. The summed E-state index contributed by atoms with van der Waals surface area (Å²) in [6.07, 6.45) is 1.40. The van der Waals surface area contributed by atoms with E-state index in [1.807, 2.05) is 18.2 Å². The maximum atomic E-state index is 11.0. The van der Waals surface area contributed by atoms with Gasteiger partial charge in [0.25, 0.3) is 0 Å². The molecule has 0 fully saturated rings. The van der Waals surface area contributed by atoms with E-state index in [9.17, 15) is 4.79 Å². The molecule has 92 valence electrons. The summed E-state index contributed by atoms with van der Waals surface area (Å²) in [5, 5.41) is 1.57. The molecule has 6 heteroatoms. The van der Waals surface area contributed by atoms with E-state index in [2.05, 4.69) is 4.98 Å². The van der Waals surface area contributed by atoms with Crippen LogP contribution in [0.4, 0.5) is 0 Å². The molecule has 2 aromatic rings. The van der Waals surface area contributed by atoms with Crippen LogP contribution in [0, 0.1) is 0 Å². The van der Waals surface area contributed by atoms with Gasteiger partial charge >= 0.3 is 0 Å². The molecule has 1 heterocycles. The average molecular weight is 299 g/mol. The number of carbonyl (C=O) groups is 1. The zero-order valence-corrected chi connectivity index (χ0v) is 11.4. The highest BCUT2D eigenvalue weighted by Gasteiger charge is 2.10. The molecule has 2 N–H and O–H groups in total. The summed E-state index contributed by atoms with van der Waals surface area (Å²) in [7, 11) is 0. The monoisotopic (exact) mass is 298 g/mol. The summed E-state index contributed by atoms with van der Waals surface area (Å²) in [5.74, 6) is -0.557. The largest absolute Gasteiger partial charge is 0.366 e. The highest BCUT2D eigenvalue weighted by molar-refractivity contribution is 7.99. The number of hydrogen-bond acceptors (Lipinski definition) is 3. The molecule has 18 heavy (non-hydrogen) atoms. The van der Waals surface area contributed by atoms with Crippen molar-refractivity contribution >= 4 is 40.9 Å². The Kier molecular flexibility index (Phi) is 4.11. The second-order valence-electron chi connectivity index (χ2n) is 3.41. The first-order valence-electron chi connectivity index (χ1n) is 4.95. The van der Waals surface area contributed by atoms with Crippen LogP contribution in [0.25, 0.3) is 0 Å². The Labute approximate surface area is 118 Å². The minimum Gasteiger partial charge on any atom is -0.366 e. The minimum atomic E-state index is -0.557. The van der Waals surface area contributed by atoms with Gasteiger partial charge in [0.2, 0.25) is 5.91 Å². The van der Waals surface area contributed by atoms with E-state index < -0.39 is 5.91 Å². The highest BCUT2D eigenvalue weighted by Crippen LogP contribution is 2.35. The number of amides is 1. The van der Waals surface area contributed by atoms with Gasteiger partial charge in [0, 0.05) is 11.1 Å². The van der Waals surface area contributed by atoms with E-state index in [1.165, 1.54) is 24.0 Å². The van der Waals surface area contributed by atoms with Crippen LogP contribution in [0.5, 0.6) is 0 Å². The van der Waals surface area contributed by atoms with Crippen LogP contribution in [0.1, 0.15) is 10.4 Å². The Balaban J connectivity index is 2.30. The van der Waals surface area contributed by atoms with E-state index in [4.69, 9.17) is 28.9 Å². The first kappa shape index (κ1) is 13.2. The van der Waals surface area contributed by atoms with Crippen molar-refractivity contribution in [3.63, 3.8) is 0 Å². The van der Waals surface area contributed by atoms with Crippen molar-refractivity contribution in [2.75, 3.05) is 0 Å². The van der Waals surface area contributed by atoms with Gasteiger partial charge in [0.05, 0.1) is 15.6 Å². The molecule has 0 unspecified atom stereocenters. The molecule has 0 atom stereocenters. The molecule has 0 bridgehead atoms. The topological polar surface area (TPSA) is 56.0 Å².